The normalized spacial score (nSPS) is 10.9. The molecule has 0 saturated carbocycles. The molecule has 0 bridgehead atoms. The van der Waals surface area contributed by atoms with Gasteiger partial charge in [0.15, 0.2) is 0 Å². The van der Waals surface area contributed by atoms with Crippen molar-refractivity contribution >= 4 is 21.6 Å². The zero-order valence-electron chi connectivity index (χ0n) is 11.2. The van der Waals surface area contributed by atoms with E-state index in [1.807, 2.05) is 35.9 Å². The average Bonchev–Trinajstić information content (AvgIpc) is 2.57. The molecule has 5 heteroatoms. The second-order valence-electron chi connectivity index (χ2n) is 4.61. The fourth-order valence-corrected chi connectivity index (χ4v) is 2.64. The number of anilines is 1. The van der Waals surface area contributed by atoms with Crippen molar-refractivity contribution in [3.05, 3.63) is 50.3 Å². The van der Waals surface area contributed by atoms with Crippen molar-refractivity contribution in [2.24, 2.45) is 0 Å². The zero-order chi connectivity index (χ0) is 14.0. The third-order valence-electron chi connectivity index (χ3n) is 3.19. The second-order valence-corrected chi connectivity index (χ2v) is 5.53. The largest absolute Gasteiger partial charge is 0.393 e. The van der Waals surface area contributed by atoms with Crippen LogP contribution in [0.25, 0.3) is 0 Å². The molecule has 19 heavy (non-hydrogen) atoms. The summed E-state index contributed by atoms with van der Waals surface area (Å²) < 4.78 is 4.70. The van der Waals surface area contributed by atoms with Crippen LogP contribution in [0.15, 0.2) is 33.5 Å². The Morgan fingerprint density at radius 3 is 2.68 bits per heavy atom. The highest BCUT2D eigenvalue weighted by Crippen LogP contribution is 2.14. The lowest BCUT2D eigenvalue weighted by Gasteiger charge is -2.12. The van der Waals surface area contributed by atoms with Gasteiger partial charge in [0.2, 0.25) is 0 Å². The molecule has 0 fully saturated rings. The summed E-state index contributed by atoms with van der Waals surface area (Å²) in [5.74, 6) is 0. The van der Waals surface area contributed by atoms with Gasteiger partial charge in [0.25, 0.3) is 5.56 Å². The van der Waals surface area contributed by atoms with E-state index in [-0.39, 0.29) is 5.56 Å². The van der Waals surface area contributed by atoms with E-state index in [0.717, 1.165) is 28.7 Å². The zero-order valence-corrected chi connectivity index (χ0v) is 12.8. The molecule has 0 radical (unpaired) electrons. The Kier molecular flexibility index (Phi) is 4.14. The van der Waals surface area contributed by atoms with Crippen LogP contribution < -0.4 is 11.3 Å². The molecule has 0 amide bonds. The molecule has 0 aliphatic heterocycles. The molecule has 0 aliphatic carbocycles. The van der Waals surface area contributed by atoms with Gasteiger partial charge in [0.1, 0.15) is 5.69 Å². The van der Waals surface area contributed by atoms with E-state index in [4.69, 9.17) is 5.73 Å². The smallest absolute Gasteiger partial charge is 0.290 e. The van der Waals surface area contributed by atoms with Gasteiger partial charge in [-0.1, -0.05) is 35.0 Å². The number of rotatable bonds is 4. The lowest BCUT2D eigenvalue weighted by Crippen LogP contribution is -2.24. The number of nitrogen functional groups attached to an aromatic ring is 1. The van der Waals surface area contributed by atoms with Crippen LogP contribution in [0.2, 0.25) is 0 Å². The first kappa shape index (κ1) is 13.9. The van der Waals surface area contributed by atoms with E-state index in [1.165, 1.54) is 0 Å². The molecule has 0 aliphatic rings. The summed E-state index contributed by atoms with van der Waals surface area (Å²) in [4.78, 5) is 12.2. The monoisotopic (exact) mass is 323 g/mol. The highest BCUT2D eigenvalue weighted by atomic mass is 79.9. The van der Waals surface area contributed by atoms with E-state index in [9.17, 15) is 4.79 Å². The molecule has 1 aromatic heterocycles. The van der Waals surface area contributed by atoms with Crippen LogP contribution in [-0.4, -0.2) is 9.36 Å². The van der Waals surface area contributed by atoms with E-state index < -0.39 is 0 Å². The number of benzene rings is 1. The third-order valence-corrected chi connectivity index (χ3v) is 3.68. The van der Waals surface area contributed by atoms with E-state index in [2.05, 4.69) is 22.9 Å². The summed E-state index contributed by atoms with van der Waals surface area (Å²) in [6.07, 6.45) is 0.965. The molecule has 2 aromatic rings. The number of aromatic nitrogens is 2. The molecule has 4 nitrogen and oxygen atoms in total. The van der Waals surface area contributed by atoms with Gasteiger partial charge < -0.3 is 5.73 Å². The Morgan fingerprint density at radius 1 is 1.32 bits per heavy atom. The van der Waals surface area contributed by atoms with Gasteiger partial charge >= 0.3 is 0 Å². The van der Waals surface area contributed by atoms with Crippen LogP contribution in [0.1, 0.15) is 24.6 Å². The molecular formula is C14H18BrN3O. The molecule has 0 unspecified atom stereocenters. The molecule has 2 N–H and O–H groups in total. The topological polar surface area (TPSA) is 52.9 Å². The highest BCUT2D eigenvalue weighted by Gasteiger charge is 2.13. The van der Waals surface area contributed by atoms with Crippen LogP contribution in [0.3, 0.4) is 0 Å². The first-order chi connectivity index (χ1) is 9.04. The predicted octanol–water partition coefficient (Wildman–Crippen LogP) is 2.76. The van der Waals surface area contributed by atoms with Gasteiger partial charge in [0.05, 0.1) is 12.2 Å². The van der Waals surface area contributed by atoms with Gasteiger partial charge in [-0.15, -0.1) is 0 Å². The van der Waals surface area contributed by atoms with Crippen molar-refractivity contribution in [3.8, 4) is 0 Å². The van der Waals surface area contributed by atoms with Crippen LogP contribution in [0, 0.1) is 6.92 Å². The van der Waals surface area contributed by atoms with Crippen molar-refractivity contribution < 1.29 is 0 Å². The van der Waals surface area contributed by atoms with Gasteiger partial charge in [-0.2, -0.15) is 0 Å². The molecule has 1 aromatic carbocycles. The van der Waals surface area contributed by atoms with Crippen LogP contribution in [0.4, 0.5) is 5.69 Å². The van der Waals surface area contributed by atoms with Gasteiger partial charge in [-0.05, 0) is 31.0 Å². The maximum Gasteiger partial charge on any atom is 0.290 e. The summed E-state index contributed by atoms with van der Waals surface area (Å²) >= 11 is 3.44. The van der Waals surface area contributed by atoms with E-state index >= 15 is 0 Å². The minimum absolute atomic E-state index is 0.106. The van der Waals surface area contributed by atoms with Crippen molar-refractivity contribution in [2.45, 2.75) is 33.4 Å². The first-order valence-electron chi connectivity index (χ1n) is 6.34. The minimum atomic E-state index is -0.106. The minimum Gasteiger partial charge on any atom is -0.393 e. The Hall–Kier alpha value is -1.49. The maximum atomic E-state index is 12.2. The Labute approximate surface area is 120 Å². The Bertz CT molecular complexity index is 643. The van der Waals surface area contributed by atoms with Crippen molar-refractivity contribution in [2.75, 3.05) is 5.73 Å². The average molecular weight is 324 g/mol. The molecule has 0 spiro atoms. The lowest BCUT2D eigenvalue weighted by molar-refractivity contribution is 0.456. The molecular weight excluding hydrogens is 306 g/mol. The summed E-state index contributed by atoms with van der Waals surface area (Å²) in [5.41, 5.74) is 8.02. The molecule has 102 valence electrons. The summed E-state index contributed by atoms with van der Waals surface area (Å²) in [5, 5.41) is 0. The van der Waals surface area contributed by atoms with Crippen LogP contribution in [-0.2, 0) is 13.1 Å². The predicted molar refractivity (Wildman–Crippen MR) is 81.4 cm³/mol. The first-order valence-corrected chi connectivity index (χ1v) is 7.14. The molecule has 0 atom stereocenters. The Balaban J connectivity index is 2.44. The SMILES string of the molecule is CCCn1c(C)c(N)c(=O)n1Cc1cccc(Br)c1. The Morgan fingerprint density at radius 2 is 2.05 bits per heavy atom. The standard InChI is InChI=1S/C14H18BrN3O/c1-3-7-17-10(2)13(16)14(19)18(17)9-11-5-4-6-12(15)8-11/h4-6,8H,3,7,9,16H2,1-2H3. The van der Waals surface area contributed by atoms with Crippen molar-refractivity contribution in [1.29, 1.82) is 0 Å². The summed E-state index contributed by atoms with van der Waals surface area (Å²) in [7, 11) is 0. The fourth-order valence-electron chi connectivity index (χ4n) is 2.19. The fraction of sp³-hybridized carbons (Fsp3) is 0.357. The molecule has 0 saturated heterocycles. The number of hydrogen-bond donors (Lipinski definition) is 1. The van der Waals surface area contributed by atoms with Gasteiger partial charge in [-0.25, -0.2) is 4.68 Å². The third kappa shape index (κ3) is 2.76. The second kappa shape index (κ2) is 5.65. The van der Waals surface area contributed by atoms with Crippen LogP contribution in [0.5, 0.6) is 0 Å². The van der Waals surface area contributed by atoms with E-state index in [0.29, 0.717) is 12.2 Å². The van der Waals surface area contributed by atoms with E-state index in [1.54, 1.807) is 4.68 Å². The van der Waals surface area contributed by atoms with Gasteiger partial charge in [0, 0.05) is 11.0 Å². The van der Waals surface area contributed by atoms with Gasteiger partial charge in [-0.3, -0.25) is 9.48 Å². The van der Waals surface area contributed by atoms with Crippen molar-refractivity contribution in [3.63, 3.8) is 0 Å². The lowest BCUT2D eigenvalue weighted by atomic mass is 10.2. The number of hydrogen-bond acceptors (Lipinski definition) is 2. The number of nitrogens with zero attached hydrogens (tertiary/aromatic N) is 2. The number of nitrogens with two attached hydrogens (primary N) is 1. The highest BCUT2D eigenvalue weighted by molar-refractivity contribution is 9.10. The maximum absolute atomic E-state index is 12.2. The number of halogens is 1. The van der Waals surface area contributed by atoms with Crippen LogP contribution >= 0.6 is 15.9 Å². The van der Waals surface area contributed by atoms with Crippen molar-refractivity contribution in [1.82, 2.24) is 9.36 Å². The summed E-state index contributed by atoms with van der Waals surface area (Å²) in [6.45, 7) is 5.32. The molecule has 2 rings (SSSR count). The molecule has 1 heterocycles. The summed E-state index contributed by atoms with van der Waals surface area (Å²) in [6, 6.07) is 7.96. The quantitative estimate of drug-likeness (QED) is 0.940.